The Labute approximate surface area is 132 Å². The molecule has 2 aliphatic carbocycles. The van der Waals surface area contributed by atoms with Crippen LogP contribution in [0.15, 0.2) is 12.7 Å². The molecule has 0 aliphatic heterocycles. The maximum absolute atomic E-state index is 5.62. The van der Waals surface area contributed by atoms with Crippen molar-refractivity contribution in [3.63, 3.8) is 0 Å². The van der Waals surface area contributed by atoms with Crippen molar-refractivity contribution in [3.8, 4) is 0 Å². The van der Waals surface area contributed by atoms with Crippen molar-refractivity contribution >= 4 is 0 Å². The van der Waals surface area contributed by atoms with Crippen LogP contribution in [0, 0.1) is 23.7 Å². The van der Waals surface area contributed by atoms with Gasteiger partial charge >= 0.3 is 0 Å². The molecule has 0 amide bonds. The number of hydrogen-bond acceptors (Lipinski definition) is 1. The Morgan fingerprint density at radius 2 is 1.29 bits per heavy atom. The highest BCUT2D eigenvalue weighted by molar-refractivity contribution is 4.76. The molecule has 21 heavy (non-hydrogen) atoms. The number of ether oxygens (including phenoxy) is 1. The van der Waals surface area contributed by atoms with Crippen LogP contribution in [-0.2, 0) is 4.74 Å². The Balaban J connectivity index is 1.54. The monoisotopic (exact) mass is 292 g/mol. The Hall–Kier alpha value is -0.300. The second-order valence-corrected chi connectivity index (χ2v) is 7.59. The highest BCUT2D eigenvalue weighted by Gasteiger charge is 2.24. The van der Waals surface area contributed by atoms with Crippen LogP contribution in [0.3, 0.4) is 0 Å². The van der Waals surface area contributed by atoms with E-state index >= 15 is 0 Å². The summed E-state index contributed by atoms with van der Waals surface area (Å²) in [6.07, 6.45) is 18.0. The zero-order chi connectivity index (χ0) is 14.9. The zero-order valence-electron chi connectivity index (χ0n) is 14.2. The molecule has 2 aliphatic rings. The Bertz CT molecular complexity index is 270. The lowest BCUT2D eigenvalue weighted by Crippen LogP contribution is -2.20. The van der Waals surface area contributed by atoms with Crippen LogP contribution < -0.4 is 0 Å². The molecule has 0 spiro atoms. The maximum atomic E-state index is 5.62. The standard InChI is InChI=1S/C20H36O/c1-3-15-21-16-20-13-11-19(12-14-20)10-9-18-7-5-17(4-2)6-8-18/h3,17-20H,1,4-16H2,2H3. The van der Waals surface area contributed by atoms with Crippen molar-refractivity contribution in [2.45, 2.75) is 77.6 Å². The lowest BCUT2D eigenvalue weighted by atomic mass is 9.75. The first-order valence-electron chi connectivity index (χ1n) is 9.50. The summed E-state index contributed by atoms with van der Waals surface area (Å²) in [7, 11) is 0. The Morgan fingerprint density at radius 3 is 1.76 bits per heavy atom. The summed E-state index contributed by atoms with van der Waals surface area (Å²) >= 11 is 0. The van der Waals surface area contributed by atoms with Crippen LogP contribution in [0.25, 0.3) is 0 Å². The topological polar surface area (TPSA) is 9.23 Å². The van der Waals surface area contributed by atoms with Gasteiger partial charge in [0, 0.05) is 6.61 Å². The fraction of sp³-hybridized carbons (Fsp3) is 0.900. The van der Waals surface area contributed by atoms with Crippen LogP contribution in [0.1, 0.15) is 77.6 Å². The molecule has 0 bridgehead atoms. The molecule has 1 nitrogen and oxygen atoms in total. The highest BCUT2D eigenvalue weighted by atomic mass is 16.5. The van der Waals surface area contributed by atoms with Crippen molar-refractivity contribution in [2.75, 3.05) is 13.2 Å². The molecule has 0 heterocycles. The van der Waals surface area contributed by atoms with Gasteiger partial charge in [0.15, 0.2) is 0 Å². The minimum atomic E-state index is 0.723. The second-order valence-electron chi connectivity index (χ2n) is 7.59. The third-order valence-corrected chi connectivity index (χ3v) is 6.08. The molecule has 0 aromatic heterocycles. The summed E-state index contributed by atoms with van der Waals surface area (Å²) in [5.74, 6) is 3.94. The average Bonchev–Trinajstić information content (AvgIpc) is 2.55. The van der Waals surface area contributed by atoms with E-state index in [0.717, 1.165) is 36.9 Å². The normalized spacial score (nSPS) is 33.8. The highest BCUT2D eigenvalue weighted by Crippen LogP contribution is 2.37. The van der Waals surface area contributed by atoms with Gasteiger partial charge in [-0.05, 0) is 36.5 Å². The van der Waals surface area contributed by atoms with E-state index in [9.17, 15) is 0 Å². The SMILES string of the molecule is C=CCOCC1CCC(CCC2CCC(CC)CC2)CC1. The van der Waals surface area contributed by atoms with E-state index in [4.69, 9.17) is 4.74 Å². The quantitative estimate of drug-likeness (QED) is 0.394. The Kier molecular flexibility index (Phi) is 7.85. The summed E-state index contributed by atoms with van der Waals surface area (Å²) in [6, 6.07) is 0. The molecule has 122 valence electrons. The smallest absolute Gasteiger partial charge is 0.0644 e. The predicted molar refractivity (Wildman–Crippen MR) is 91.4 cm³/mol. The maximum Gasteiger partial charge on any atom is 0.0644 e. The summed E-state index contributed by atoms with van der Waals surface area (Å²) in [5.41, 5.74) is 0. The van der Waals surface area contributed by atoms with Gasteiger partial charge in [-0.2, -0.15) is 0 Å². The van der Waals surface area contributed by atoms with E-state index in [-0.39, 0.29) is 0 Å². The first kappa shape index (κ1) is 17.1. The van der Waals surface area contributed by atoms with Gasteiger partial charge in [0.05, 0.1) is 6.61 Å². The van der Waals surface area contributed by atoms with Crippen LogP contribution in [-0.4, -0.2) is 13.2 Å². The van der Waals surface area contributed by atoms with Gasteiger partial charge in [-0.25, -0.2) is 0 Å². The van der Waals surface area contributed by atoms with Crippen molar-refractivity contribution in [2.24, 2.45) is 23.7 Å². The van der Waals surface area contributed by atoms with E-state index in [1.54, 1.807) is 0 Å². The molecule has 0 atom stereocenters. The molecule has 2 rings (SSSR count). The molecule has 2 saturated carbocycles. The second kappa shape index (κ2) is 9.66. The van der Waals surface area contributed by atoms with Gasteiger partial charge in [-0.3, -0.25) is 0 Å². The molecular weight excluding hydrogens is 256 g/mol. The minimum absolute atomic E-state index is 0.723. The minimum Gasteiger partial charge on any atom is -0.377 e. The molecule has 0 radical (unpaired) electrons. The fourth-order valence-electron chi connectivity index (χ4n) is 4.40. The molecular formula is C20H36O. The summed E-state index contributed by atoms with van der Waals surface area (Å²) in [5, 5.41) is 0. The molecule has 1 heteroatoms. The van der Waals surface area contributed by atoms with E-state index in [0.29, 0.717) is 0 Å². The van der Waals surface area contributed by atoms with Crippen LogP contribution in [0.5, 0.6) is 0 Å². The van der Waals surface area contributed by atoms with Crippen molar-refractivity contribution in [1.29, 1.82) is 0 Å². The van der Waals surface area contributed by atoms with Crippen molar-refractivity contribution < 1.29 is 4.74 Å². The van der Waals surface area contributed by atoms with Gasteiger partial charge in [-0.1, -0.05) is 70.8 Å². The average molecular weight is 293 g/mol. The summed E-state index contributed by atoms with van der Waals surface area (Å²) in [4.78, 5) is 0. The Morgan fingerprint density at radius 1 is 0.810 bits per heavy atom. The van der Waals surface area contributed by atoms with E-state index < -0.39 is 0 Å². The fourth-order valence-corrected chi connectivity index (χ4v) is 4.40. The number of hydrogen-bond donors (Lipinski definition) is 0. The summed E-state index contributed by atoms with van der Waals surface area (Å²) in [6.45, 7) is 7.75. The summed E-state index contributed by atoms with van der Waals surface area (Å²) < 4.78 is 5.62. The van der Waals surface area contributed by atoms with Crippen LogP contribution in [0.4, 0.5) is 0 Å². The predicted octanol–water partition coefficient (Wildman–Crippen LogP) is 5.99. The number of rotatable bonds is 8. The lowest BCUT2D eigenvalue weighted by molar-refractivity contribution is 0.0936. The molecule has 0 aromatic carbocycles. The van der Waals surface area contributed by atoms with Gasteiger partial charge in [-0.15, -0.1) is 6.58 Å². The largest absolute Gasteiger partial charge is 0.377 e. The lowest BCUT2D eigenvalue weighted by Gasteiger charge is -2.31. The molecule has 2 fully saturated rings. The van der Waals surface area contributed by atoms with E-state index in [2.05, 4.69) is 13.5 Å². The van der Waals surface area contributed by atoms with Crippen LogP contribution >= 0.6 is 0 Å². The van der Waals surface area contributed by atoms with Gasteiger partial charge < -0.3 is 4.74 Å². The first-order chi connectivity index (χ1) is 10.3. The van der Waals surface area contributed by atoms with Crippen molar-refractivity contribution in [3.05, 3.63) is 12.7 Å². The third-order valence-electron chi connectivity index (χ3n) is 6.08. The van der Waals surface area contributed by atoms with Gasteiger partial charge in [0.2, 0.25) is 0 Å². The molecule has 0 unspecified atom stereocenters. The van der Waals surface area contributed by atoms with Gasteiger partial charge in [0.1, 0.15) is 0 Å². The van der Waals surface area contributed by atoms with Crippen molar-refractivity contribution in [1.82, 2.24) is 0 Å². The third kappa shape index (κ3) is 6.14. The van der Waals surface area contributed by atoms with E-state index in [1.807, 2.05) is 6.08 Å². The van der Waals surface area contributed by atoms with Crippen LogP contribution in [0.2, 0.25) is 0 Å². The zero-order valence-corrected chi connectivity index (χ0v) is 14.2. The first-order valence-corrected chi connectivity index (χ1v) is 9.50. The molecule has 0 saturated heterocycles. The molecule has 0 aromatic rings. The van der Waals surface area contributed by atoms with E-state index in [1.165, 1.54) is 70.6 Å². The molecule has 0 N–H and O–H groups in total. The van der Waals surface area contributed by atoms with Gasteiger partial charge in [0.25, 0.3) is 0 Å².